The second kappa shape index (κ2) is 7.09. The molecule has 20 heavy (non-hydrogen) atoms. The zero-order chi connectivity index (χ0) is 14.4. The van der Waals surface area contributed by atoms with Crippen LogP contribution in [0, 0.1) is 24.2 Å². The van der Waals surface area contributed by atoms with Gasteiger partial charge in [-0.3, -0.25) is 4.79 Å². The van der Waals surface area contributed by atoms with Crippen LogP contribution in [0.1, 0.15) is 44.1 Å². The number of hydrogen-bond donors (Lipinski definition) is 0. The lowest BCUT2D eigenvalue weighted by molar-refractivity contribution is -0.123. The predicted octanol–water partition coefficient (Wildman–Crippen LogP) is 3.82. The molecule has 0 bridgehead atoms. The van der Waals surface area contributed by atoms with Crippen LogP contribution >= 0.6 is 0 Å². The summed E-state index contributed by atoms with van der Waals surface area (Å²) in [5, 5.41) is 8.81. The van der Waals surface area contributed by atoms with Crippen molar-refractivity contribution < 1.29 is 4.79 Å². The highest BCUT2D eigenvalue weighted by Crippen LogP contribution is 2.27. The van der Waals surface area contributed by atoms with Gasteiger partial charge in [0.1, 0.15) is 0 Å². The Bertz CT molecular complexity index is 481. The molecule has 0 unspecified atom stereocenters. The monoisotopic (exact) mass is 270 g/mol. The van der Waals surface area contributed by atoms with Crippen molar-refractivity contribution >= 4 is 11.6 Å². The molecule has 1 saturated carbocycles. The molecule has 3 heteroatoms. The topological polar surface area (TPSA) is 44.1 Å². The number of rotatable bonds is 4. The molecule has 0 aromatic heterocycles. The van der Waals surface area contributed by atoms with Gasteiger partial charge in [-0.2, -0.15) is 5.26 Å². The Morgan fingerprint density at radius 1 is 1.25 bits per heavy atom. The Kier molecular flexibility index (Phi) is 5.17. The Morgan fingerprint density at radius 3 is 2.50 bits per heavy atom. The van der Waals surface area contributed by atoms with E-state index in [2.05, 4.69) is 6.07 Å². The second-order valence-electron chi connectivity index (χ2n) is 5.57. The van der Waals surface area contributed by atoms with Crippen LogP contribution in [-0.4, -0.2) is 12.5 Å². The lowest BCUT2D eigenvalue weighted by Gasteiger charge is -2.29. The van der Waals surface area contributed by atoms with Crippen molar-refractivity contribution in [3.63, 3.8) is 0 Å². The number of carbonyl (C=O) groups excluding carboxylic acids is 1. The van der Waals surface area contributed by atoms with Crippen LogP contribution in [0.3, 0.4) is 0 Å². The van der Waals surface area contributed by atoms with E-state index >= 15 is 0 Å². The van der Waals surface area contributed by atoms with Crippen molar-refractivity contribution in [2.45, 2.75) is 45.4 Å². The Morgan fingerprint density at radius 2 is 1.90 bits per heavy atom. The summed E-state index contributed by atoms with van der Waals surface area (Å²) in [7, 11) is 0. The lowest BCUT2D eigenvalue weighted by Crippen LogP contribution is -2.37. The fraction of sp³-hybridized carbons (Fsp3) is 0.529. The number of hydrogen-bond acceptors (Lipinski definition) is 2. The van der Waals surface area contributed by atoms with Gasteiger partial charge >= 0.3 is 0 Å². The Labute approximate surface area is 121 Å². The molecule has 2 rings (SSSR count). The van der Waals surface area contributed by atoms with E-state index in [0.717, 1.165) is 31.4 Å². The van der Waals surface area contributed by atoms with Gasteiger partial charge in [0.2, 0.25) is 5.91 Å². The van der Waals surface area contributed by atoms with E-state index in [1.165, 1.54) is 12.0 Å². The van der Waals surface area contributed by atoms with E-state index < -0.39 is 0 Å². The number of nitrogens with zero attached hydrogens (tertiary/aromatic N) is 2. The third-order valence-electron chi connectivity index (χ3n) is 4.01. The highest BCUT2D eigenvalue weighted by atomic mass is 16.2. The molecule has 0 aliphatic heterocycles. The van der Waals surface area contributed by atoms with Gasteiger partial charge in [0.25, 0.3) is 0 Å². The molecule has 1 aliphatic rings. The van der Waals surface area contributed by atoms with Crippen molar-refractivity contribution in [3.05, 3.63) is 29.8 Å². The Hall–Kier alpha value is -1.82. The van der Waals surface area contributed by atoms with Gasteiger partial charge in [-0.05, 0) is 31.9 Å². The molecule has 0 saturated heterocycles. The van der Waals surface area contributed by atoms with Gasteiger partial charge in [0.05, 0.1) is 12.5 Å². The van der Waals surface area contributed by atoms with Crippen molar-refractivity contribution in [2.75, 3.05) is 11.4 Å². The van der Waals surface area contributed by atoms with Gasteiger partial charge in [0, 0.05) is 18.2 Å². The number of nitriles is 1. The smallest absolute Gasteiger partial charge is 0.230 e. The number of aryl methyl sites for hydroxylation is 1. The van der Waals surface area contributed by atoms with Gasteiger partial charge in [0.15, 0.2) is 0 Å². The second-order valence-corrected chi connectivity index (χ2v) is 5.57. The normalized spacial score (nSPS) is 15.6. The first-order valence-electron chi connectivity index (χ1n) is 7.47. The zero-order valence-electron chi connectivity index (χ0n) is 12.1. The van der Waals surface area contributed by atoms with E-state index in [0.29, 0.717) is 13.0 Å². The maximum atomic E-state index is 12.7. The first kappa shape index (κ1) is 14.6. The summed E-state index contributed by atoms with van der Waals surface area (Å²) in [4.78, 5) is 14.5. The summed E-state index contributed by atoms with van der Waals surface area (Å²) in [6.07, 6.45) is 5.91. The van der Waals surface area contributed by atoms with E-state index in [1.54, 1.807) is 4.90 Å². The number of amides is 1. The van der Waals surface area contributed by atoms with Gasteiger partial charge in [-0.25, -0.2) is 0 Å². The summed E-state index contributed by atoms with van der Waals surface area (Å²) in [6.45, 7) is 2.53. The summed E-state index contributed by atoms with van der Waals surface area (Å²) >= 11 is 0. The van der Waals surface area contributed by atoms with Crippen LogP contribution in [0.25, 0.3) is 0 Å². The molecule has 0 heterocycles. The number of anilines is 1. The maximum Gasteiger partial charge on any atom is 0.230 e. The molecular weight excluding hydrogens is 248 g/mol. The van der Waals surface area contributed by atoms with Crippen molar-refractivity contribution in [2.24, 2.45) is 5.92 Å². The average Bonchev–Trinajstić information content (AvgIpc) is 2.50. The molecule has 1 aliphatic carbocycles. The molecule has 0 radical (unpaired) electrons. The Balaban J connectivity index is 2.15. The van der Waals surface area contributed by atoms with Crippen LogP contribution in [-0.2, 0) is 4.79 Å². The predicted molar refractivity (Wildman–Crippen MR) is 80.3 cm³/mol. The summed E-state index contributed by atoms with van der Waals surface area (Å²) in [5.74, 6) is 0.340. The molecular formula is C17H22N2O. The number of benzene rings is 1. The molecule has 0 N–H and O–H groups in total. The van der Waals surface area contributed by atoms with E-state index in [4.69, 9.17) is 5.26 Å². The average molecular weight is 270 g/mol. The van der Waals surface area contributed by atoms with Gasteiger partial charge in [-0.1, -0.05) is 37.0 Å². The summed E-state index contributed by atoms with van der Waals surface area (Å²) in [5.41, 5.74) is 2.10. The highest BCUT2D eigenvalue weighted by Gasteiger charge is 2.26. The van der Waals surface area contributed by atoms with E-state index in [9.17, 15) is 4.79 Å². The van der Waals surface area contributed by atoms with Crippen LogP contribution in [0.5, 0.6) is 0 Å². The SMILES string of the molecule is Cc1ccc(N(CCC#N)C(=O)C2CCCCC2)cc1. The minimum absolute atomic E-state index is 0.142. The highest BCUT2D eigenvalue weighted by molar-refractivity contribution is 5.95. The molecule has 1 amide bonds. The fourth-order valence-corrected chi connectivity index (χ4v) is 2.82. The largest absolute Gasteiger partial charge is 0.311 e. The van der Waals surface area contributed by atoms with Gasteiger partial charge < -0.3 is 4.90 Å². The first-order chi connectivity index (χ1) is 9.72. The molecule has 3 nitrogen and oxygen atoms in total. The van der Waals surface area contributed by atoms with Crippen LogP contribution < -0.4 is 4.90 Å². The number of carbonyl (C=O) groups is 1. The molecule has 106 valence electrons. The van der Waals surface area contributed by atoms with Gasteiger partial charge in [-0.15, -0.1) is 0 Å². The zero-order valence-corrected chi connectivity index (χ0v) is 12.1. The van der Waals surface area contributed by atoms with Crippen LogP contribution in [0.15, 0.2) is 24.3 Å². The summed E-state index contributed by atoms with van der Waals surface area (Å²) < 4.78 is 0. The minimum Gasteiger partial charge on any atom is -0.311 e. The molecule has 1 fully saturated rings. The van der Waals surface area contributed by atoms with Crippen molar-refractivity contribution in [1.29, 1.82) is 5.26 Å². The van der Waals surface area contributed by atoms with Crippen LogP contribution in [0.4, 0.5) is 5.69 Å². The molecule has 0 atom stereocenters. The van der Waals surface area contributed by atoms with Crippen molar-refractivity contribution in [1.82, 2.24) is 0 Å². The standard InChI is InChI=1S/C17H22N2O/c1-14-8-10-16(11-9-14)19(13-5-12-18)17(20)15-6-3-2-4-7-15/h8-11,15H,2-7,13H2,1H3. The first-order valence-corrected chi connectivity index (χ1v) is 7.47. The van der Waals surface area contributed by atoms with E-state index in [-0.39, 0.29) is 11.8 Å². The fourth-order valence-electron chi connectivity index (χ4n) is 2.82. The summed E-state index contributed by atoms with van der Waals surface area (Å²) in [6, 6.07) is 10.1. The molecule has 1 aromatic rings. The maximum absolute atomic E-state index is 12.7. The molecule has 1 aromatic carbocycles. The van der Waals surface area contributed by atoms with Crippen LogP contribution in [0.2, 0.25) is 0 Å². The lowest BCUT2D eigenvalue weighted by atomic mass is 9.88. The quantitative estimate of drug-likeness (QED) is 0.834. The van der Waals surface area contributed by atoms with Crippen molar-refractivity contribution in [3.8, 4) is 6.07 Å². The molecule has 0 spiro atoms. The minimum atomic E-state index is 0.142. The van der Waals surface area contributed by atoms with E-state index in [1.807, 2.05) is 31.2 Å². The third kappa shape index (κ3) is 3.60. The third-order valence-corrected chi connectivity index (χ3v) is 4.01.